The van der Waals surface area contributed by atoms with Crippen LogP contribution in [0.4, 0.5) is 13.2 Å². The summed E-state index contributed by atoms with van der Waals surface area (Å²) in [6, 6.07) is 5.00. The molecule has 0 amide bonds. The van der Waals surface area contributed by atoms with Crippen LogP contribution < -0.4 is 5.14 Å². The molecule has 2 N–H and O–H groups in total. The Morgan fingerprint density at radius 2 is 1.76 bits per heavy atom. The number of benzene rings is 1. The van der Waals surface area contributed by atoms with Crippen LogP contribution >= 0.6 is 0 Å². The lowest BCUT2D eigenvalue weighted by molar-refractivity contribution is -0.141. The molecule has 1 heterocycles. The maximum Gasteiger partial charge on any atom is 0.406 e. The van der Waals surface area contributed by atoms with Gasteiger partial charge in [0, 0.05) is 17.0 Å². The number of halogens is 3. The molecule has 7 nitrogen and oxygen atoms in total. The number of sulfonamides is 1. The predicted octanol–water partition coefficient (Wildman–Crippen LogP) is 2.66. The number of hydrogen-bond donors (Lipinski definition) is 1. The molecule has 0 saturated heterocycles. The lowest BCUT2D eigenvalue weighted by Gasteiger charge is -2.12. The molecule has 0 aliphatic heterocycles. The van der Waals surface area contributed by atoms with Crippen LogP contribution in [0.2, 0.25) is 0 Å². The van der Waals surface area contributed by atoms with Gasteiger partial charge in [-0.15, -0.1) is 0 Å². The number of rotatable bonds is 6. The first-order valence-corrected chi connectivity index (χ1v) is 9.82. The van der Waals surface area contributed by atoms with Gasteiger partial charge in [0.15, 0.2) is 6.61 Å². The van der Waals surface area contributed by atoms with Crippen LogP contribution in [-0.4, -0.2) is 37.5 Å². The fraction of sp³-hybridized carbons (Fsp3) is 0.333. The molecule has 0 aliphatic carbocycles. The number of aromatic nitrogens is 1. The van der Waals surface area contributed by atoms with Crippen LogP contribution in [0.25, 0.3) is 0 Å². The number of hydrogen-bond acceptors (Lipinski definition) is 5. The number of Topliss-reactive ketones (excluding diaryl/α,β-unsaturated/α-hetero) is 1. The highest BCUT2D eigenvalue weighted by Crippen LogP contribution is 2.23. The van der Waals surface area contributed by atoms with E-state index in [-0.39, 0.29) is 27.4 Å². The molecule has 29 heavy (non-hydrogen) atoms. The van der Waals surface area contributed by atoms with Crippen molar-refractivity contribution in [1.82, 2.24) is 4.57 Å². The summed E-state index contributed by atoms with van der Waals surface area (Å²) in [4.78, 5) is 24.2. The minimum absolute atomic E-state index is 0.00804. The number of primary sulfonamides is 1. The zero-order valence-electron chi connectivity index (χ0n) is 15.8. The summed E-state index contributed by atoms with van der Waals surface area (Å²) in [7, 11) is -4.06. The van der Waals surface area contributed by atoms with Crippen LogP contribution in [0.5, 0.6) is 0 Å². The van der Waals surface area contributed by atoms with Crippen LogP contribution in [0.1, 0.15) is 37.7 Å². The summed E-state index contributed by atoms with van der Waals surface area (Å²) in [5, 5.41) is 5.09. The van der Waals surface area contributed by atoms with Crippen LogP contribution in [0.3, 0.4) is 0 Å². The third-order valence-electron chi connectivity index (χ3n) is 4.28. The molecular formula is C18H19F3N2O5S. The molecule has 0 spiro atoms. The van der Waals surface area contributed by atoms with Crippen molar-refractivity contribution >= 4 is 21.8 Å². The minimum Gasteiger partial charge on any atom is -0.454 e. The zero-order chi connectivity index (χ0) is 22.1. The smallest absolute Gasteiger partial charge is 0.406 e. The van der Waals surface area contributed by atoms with E-state index < -0.39 is 41.1 Å². The highest BCUT2D eigenvalue weighted by atomic mass is 32.2. The third-order valence-corrected chi connectivity index (χ3v) is 5.33. The van der Waals surface area contributed by atoms with Crippen molar-refractivity contribution < 1.29 is 35.9 Å². The number of ketones is 1. The number of carbonyl (C=O) groups is 2. The van der Waals surface area contributed by atoms with Gasteiger partial charge >= 0.3 is 12.1 Å². The monoisotopic (exact) mass is 432 g/mol. The molecule has 0 saturated carbocycles. The van der Waals surface area contributed by atoms with Gasteiger partial charge in [0.2, 0.25) is 15.8 Å². The highest BCUT2D eigenvalue weighted by molar-refractivity contribution is 7.89. The van der Waals surface area contributed by atoms with Crippen LogP contribution in [0.15, 0.2) is 29.2 Å². The number of nitrogens with zero attached hydrogens (tertiary/aromatic N) is 1. The van der Waals surface area contributed by atoms with E-state index in [1.54, 1.807) is 0 Å². The molecule has 158 valence electrons. The van der Waals surface area contributed by atoms with Gasteiger partial charge in [0.1, 0.15) is 6.54 Å². The van der Waals surface area contributed by atoms with E-state index in [2.05, 4.69) is 0 Å². The normalized spacial score (nSPS) is 12.1. The third kappa shape index (κ3) is 5.45. The molecule has 2 rings (SSSR count). The molecule has 0 unspecified atom stereocenters. The van der Waals surface area contributed by atoms with Gasteiger partial charge in [0.25, 0.3) is 0 Å². The SMILES string of the molecule is Cc1ccc(C(=O)OCC(=O)c2cc(C)n(CC(F)(F)F)c2C)cc1S(N)(=O)=O. The van der Waals surface area contributed by atoms with Gasteiger partial charge in [0.05, 0.1) is 10.5 Å². The molecule has 1 aromatic carbocycles. The predicted molar refractivity (Wildman–Crippen MR) is 97.1 cm³/mol. The number of aryl methyl sites for hydroxylation is 2. The second kappa shape index (κ2) is 7.99. The molecule has 0 fully saturated rings. The summed E-state index contributed by atoms with van der Waals surface area (Å²) in [5.41, 5.74) is 0.555. The van der Waals surface area contributed by atoms with E-state index in [1.807, 2.05) is 0 Å². The number of esters is 1. The maximum absolute atomic E-state index is 12.7. The summed E-state index contributed by atoms with van der Waals surface area (Å²) in [6.45, 7) is 2.34. The minimum atomic E-state index is -4.45. The largest absolute Gasteiger partial charge is 0.454 e. The van der Waals surface area contributed by atoms with E-state index in [0.29, 0.717) is 5.56 Å². The number of carbonyl (C=O) groups excluding carboxylic acids is 2. The number of alkyl halides is 3. The van der Waals surface area contributed by atoms with Crippen molar-refractivity contribution in [3.05, 3.63) is 52.3 Å². The van der Waals surface area contributed by atoms with Crippen molar-refractivity contribution in [2.24, 2.45) is 5.14 Å². The molecule has 0 aliphatic rings. The Balaban J connectivity index is 2.16. The highest BCUT2D eigenvalue weighted by Gasteiger charge is 2.30. The fourth-order valence-corrected chi connectivity index (χ4v) is 3.64. The van der Waals surface area contributed by atoms with Gasteiger partial charge in [-0.05, 0) is 44.5 Å². The van der Waals surface area contributed by atoms with E-state index in [1.165, 1.54) is 39.0 Å². The van der Waals surface area contributed by atoms with Crippen molar-refractivity contribution in [1.29, 1.82) is 0 Å². The second-order valence-corrected chi connectivity index (χ2v) is 8.04. The van der Waals surface area contributed by atoms with Gasteiger partial charge in [-0.25, -0.2) is 18.4 Å². The first-order valence-electron chi connectivity index (χ1n) is 8.28. The average Bonchev–Trinajstić information content (AvgIpc) is 2.85. The Kier molecular flexibility index (Phi) is 6.24. The second-order valence-electron chi connectivity index (χ2n) is 6.51. The van der Waals surface area contributed by atoms with Crippen LogP contribution in [-0.2, 0) is 21.3 Å². The maximum atomic E-state index is 12.7. The molecule has 0 radical (unpaired) electrons. The van der Waals surface area contributed by atoms with E-state index in [9.17, 15) is 31.2 Å². The van der Waals surface area contributed by atoms with Gasteiger partial charge in [-0.3, -0.25) is 4.79 Å². The summed E-state index contributed by atoms with van der Waals surface area (Å²) >= 11 is 0. The Hall–Kier alpha value is -2.66. The van der Waals surface area contributed by atoms with Gasteiger partial charge < -0.3 is 9.30 Å². The van der Waals surface area contributed by atoms with E-state index in [0.717, 1.165) is 10.6 Å². The van der Waals surface area contributed by atoms with Crippen molar-refractivity contribution in [2.75, 3.05) is 6.61 Å². The Bertz CT molecular complexity index is 1070. The van der Waals surface area contributed by atoms with Crippen LogP contribution in [0, 0.1) is 20.8 Å². The van der Waals surface area contributed by atoms with Crippen molar-refractivity contribution in [2.45, 2.75) is 38.4 Å². The Labute approximate surface area is 165 Å². The van der Waals surface area contributed by atoms with Gasteiger partial charge in [-0.2, -0.15) is 13.2 Å². The molecule has 1 aromatic heterocycles. The van der Waals surface area contributed by atoms with Crippen molar-refractivity contribution in [3.63, 3.8) is 0 Å². The summed E-state index contributed by atoms with van der Waals surface area (Å²) in [6.07, 6.45) is -4.45. The fourth-order valence-electron chi connectivity index (χ4n) is 2.83. The molecule has 2 aromatic rings. The quantitative estimate of drug-likeness (QED) is 0.558. The lowest BCUT2D eigenvalue weighted by atomic mass is 10.1. The first kappa shape index (κ1) is 22.6. The van der Waals surface area contributed by atoms with Crippen molar-refractivity contribution in [3.8, 4) is 0 Å². The topological polar surface area (TPSA) is 108 Å². The Morgan fingerprint density at radius 1 is 1.14 bits per heavy atom. The Morgan fingerprint density at radius 3 is 2.31 bits per heavy atom. The summed E-state index contributed by atoms with van der Waals surface area (Å²) in [5.74, 6) is -1.65. The molecule has 11 heteroatoms. The first-order chi connectivity index (χ1) is 13.2. The zero-order valence-corrected chi connectivity index (χ0v) is 16.6. The van der Waals surface area contributed by atoms with E-state index >= 15 is 0 Å². The molecular weight excluding hydrogens is 413 g/mol. The number of nitrogens with two attached hydrogens (primary N) is 1. The standard InChI is InChI=1S/C18H19F3N2O5S/c1-10-4-5-13(7-16(10)29(22,26)27)17(25)28-8-15(24)14-6-11(2)23(12(14)3)9-18(19,20)21/h4-7H,8-9H2,1-3H3,(H2,22,26,27). The lowest BCUT2D eigenvalue weighted by Crippen LogP contribution is -2.20. The molecule has 0 bridgehead atoms. The molecule has 0 atom stereocenters. The number of ether oxygens (including phenoxy) is 1. The summed E-state index contributed by atoms with van der Waals surface area (Å²) < 4.78 is 66.9. The van der Waals surface area contributed by atoms with Gasteiger partial charge in [-0.1, -0.05) is 6.07 Å². The average molecular weight is 432 g/mol. The van der Waals surface area contributed by atoms with E-state index in [4.69, 9.17) is 9.88 Å².